The van der Waals surface area contributed by atoms with E-state index >= 15 is 0 Å². The highest BCUT2D eigenvalue weighted by Crippen LogP contribution is 2.45. The van der Waals surface area contributed by atoms with Crippen LogP contribution in [0, 0.1) is 0 Å². The summed E-state index contributed by atoms with van der Waals surface area (Å²) >= 11 is 6.27. The van der Waals surface area contributed by atoms with Crippen LogP contribution in [0.4, 0.5) is 0 Å². The van der Waals surface area contributed by atoms with Crippen molar-refractivity contribution in [3.05, 3.63) is 65.3 Å². The van der Waals surface area contributed by atoms with Gasteiger partial charge in [0.25, 0.3) is 0 Å². The van der Waals surface area contributed by atoms with Crippen LogP contribution in [0.5, 0.6) is 0 Å². The molecule has 4 aromatic rings. The van der Waals surface area contributed by atoms with Gasteiger partial charge in [-0.2, -0.15) is 0 Å². The molecule has 0 aliphatic carbocycles. The molecule has 0 radical (unpaired) electrons. The Morgan fingerprint density at radius 3 is 2.74 bits per heavy atom. The van der Waals surface area contributed by atoms with Gasteiger partial charge in [-0.15, -0.1) is 0 Å². The van der Waals surface area contributed by atoms with Crippen molar-refractivity contribution in [3.8, 4) is 0 Å². The Labute approximate surface area is 203 Å². The fourth-order valence-electron chi connectivity index (χ4n) is 5.13. The van der Waals surface area contributed by atoms with Gasteiger partial charge in [0.1, 0.15) is 29.3 Å². The Bertz CT molecular complexity index is 1370. The fourth-order valence-corrected chi connectivity index (χ4v) is 5.32. The van der Waals surface area contributed by atoms with Gasteiger partial charge in [-0.05, 0) is 62.4 Å². The van der Waals surface area contributed by atoms with E-state index in [1.54, 1.807) is 0 Å². The number of hydrogen-bond donors (Lipinski definition) is 0. The first-order valence-electron chi connectivity index (χ1n) is 11.8. The molecule has 0 amide bonds. The Kier molecular flexibility index (Phi) is 5.33. The lowest BCUT2D eigenvalue weighted by molar-refractivity contribution is -0.196. The molecule has 6 rings (SSSR count). The zero-order valence-electron chi connectivity index (χ0n) is 19.4. The van der Waals surface area contributed by atoms with Gasteiger partial charge in [0.15, 0.2) is 12.0 Å². The van der Waals surface area contributed by atoms with Crippen molar-refractivity contribution in [2.24, 2.45) is 0 Å². The van der Waals surface area contributed by atoms with Gasteiger partial charge in [0.2, 0.25) is 0 Å². The molecule has 5 heterocycles. The Morgan fingerprint density at radius 1 is 1.03 bits per heavy atom. The number of halogens is 1. The summed E-state index contributed by atoms with van der Waals surface area (Å²) in [5, 5.41) is 2.39. The van der Waals surface area contributed by atoms with Gasteiger partial charge >= 0.3 is 0 Å². The molecule has 2 saturated heterocycles. The van der Waals surface area contributed by atoms with Crippen molar-refractivity contribution < 1.29 is 14.2 Å². The highest BCUT2D eigenvalue weighted by atomic mass is 35.5. The average Bonchev–Trinajstić information content (AvgIpc) is 3.48. The first kappa shape index (κ1) is 21.9. The number of hydrogen-bond acceptors (Lipinski definition) is 6. The van der Waals surface area contributed by atoms with Crippen LogP contribution < -0.4 is 0 Å². The van der Waals surface area contributed by atoms with E-state index < -0.39 is 5.79 Å². The maximum atomic E-state index is 6.55. The number of ether oxygens (including phenoxy) is 3. The standard InChI is InChI=1S/C26H27ClN4O3/c1-4-15-11-17-7-5-16(12-19(17)28-13-15)6-8-20-21-22(34-26(2,3)33-21)25(32-20)31-10-9-18-23(27)29-14-30-24(18)31/h5,7,9-14,20-22,25H,4,6,8H2,1-3H3/t20-,21-,22-,25-/m1/s1. The summed E-state index contributed by atoms with van der Waals surface area (Å²) in [6, 6.07) is 10.6. The highest BCUT2D eigenvalue weighted by Gasteiger charge is 2.55. The van der Waals surface area contributed by atoms with Crippen molar-refractivity contribution in [1.29, 1.82) is 0 Å². The SMILES string of the molecule is CCc1cnc2cc(CC[C@H]3O[C@@H](n4ccc5c(Cl)ncnc54)[C@@H]4OC(C)(C)O[C@@H]43)ccc2c1. The maximum Gasteiger partial charge on any atom is 0.164 e. The van der Waals surface area contributed by atoms with E-state index in [0.717, 1.165) is 35.8 Å². The zero-order valence-corrected chi connectivity index (χ0v) is 20.2. The maximum absolute atomic E-state index is 6.55. The molecule has 0 bridgehead atoms. The summed E-state index contributed by atoms with van der Waals surface area (Å²) in [5.41, 5.74) is 4.23. The molecule has 2 fully saturated rings. The molecule has 0 unspecified atom stereocenters. The van der Waals surface area contributed by atoms with E-state index in [1.165, 1.54) is 22.8 Å². The highest BCUT2D eigenvalue weighted by molar-refractivity contribution is 6.33. The Hall–Kier alpha value is -2.58. The minimum Gasteiger partial charge on any atom is -0.349 e. The smallest absolute Gasteiger partial charge is 0.164 e. The normalized spacial score (nSPS) is 25.9. The van der Waals surface area contributed by atoms with Crippen LogP contribution in [0.15, 0.2) is 49.1 Å². The lowest BCUT2D eigenvalue weighted by Gasteiger charge is -2.25. The van der Waals surface area contributed by atoms with Gasteiger partial charge in [-0.1, -0.05) is 30.7 Å². The van der Waals surface area contributed by atoms with E-state index in [1.807, 2.05) is 36.9 Å². The Morgan fingerprint density at radius 2 is 1.88 bits per heavy atom. The minimum atomic E-state index is -0.672. The molecular weight excluding hydrogens is 452 g/mol. The summed E-state index contributed by atoms with van der Waals surface area (Å²) in [6.45, 7) is 6.05. The third-order valence-corrected chi connectivity index (χ3v) is 7.09. The monoisotopic (exact) mass is 478 g/mol. The molecular formula is C26H27ClN4O3. The summed E-state index contributed by atoms with van der Waals surface area (Å²) in [7, 11) is 0. The molecule has 3 aromatic heterocycles. The quantitative estimate of drug-likeness (QED) is 0.365. The molecule has 4 atom stereocenters. The van der Waals surface area contributed by atoms with Crippen LogP contribution in [0.1, 0.15) is 44.5 Å². The lowest BCUT2D eigenvalue weighted by Crippen LogP contribution is -2.29. The van der Waals surface area contributed by atoms with Gasteiger partial charge < -0.3 is 18.8 Å². The number of nitrogens with zero attached hydrogens (tertiary/aromatic N) is 4. The van der Waals surface area contributed by atoms with Gasteiger partial charge in [-0.3, -0.25) is 4.98 Å². The van der Waals surface area contributed by atoms with Crippen LogP contribution in [0.3, 0.4) is 0 Å². The molecule has 2 aliphatic rings. The number of fused-ring (bicyclic) bond motifs is 3. The van der Waals surface area contributed by atoms with Crippen molar-refractivity contribution in [3.63, 3.8) is 0 Å². The van der Waals surface area contributed by atoms with Gasteiger partial charge in [-0.25, -0.2) is 9.97 Å². The molecule has 7 nitrogen and oxygen atoms in total. The zero-order chi connectivity index (χ0) is 23.4. The molecule has 34 heavy (non-hydrogen) atoms. The first-order valence-corrected chi connectivity index (χ1v) is 12.2. The molecule has 0 N–H and O–H groups in total. The van der Waals surface area contributed by atoms with Crippen molar-refractivity contribution in [2.45, 2.75) is 70.4 Å². The fraction of sp³-hybridized carbons (Fsp3) is 0.423. The predicted octanol–water partition coefficient (Wildman–Crippen LogP) is 5.25. The molecule has 2 aliphatic heterocycles. The number of aryl methyl sites for hydroxylation is 2. The first-order chi connectivity index (χ1) is 16.4. The number of rotatable bonds is 5. The summed E-state index contributed by atoms with van der Waals surface area (Å²) in [5.74, 6) is -0.672. The molecule has 176 valence electrons. The number of pyridine rings is 1. The van der Waals surface area contributed by atoms with Gasteiger partial charge in [0.05, 0.1) is 17.0 Å². The second kappa shape index (κ2) is 8.27. The summed E-state index contributed by atoms with van der Waals surface area (Å²) < 4.78 is 21.1. The largest absolute Gasteiger partial charge is 0.349 e. The van der Waals surface area contributed by atoms with Crippen molar-refractivity contribution in [2.75, 3.05) is 0 Å². The molecule has 1 aromatic carbocycles. The van der Waals surface area contributed by atoms with Gasteiger partial charge in [0, 0.05) is 17.8 Å². The topological polar surface area (TPSA) is 71.3 Å². The molecule has 8 heteroatoms. The van der Waals surface area contributed by atoms with Crippen LogP contribution in [0.2, 0.25) is 5.15 Å². The number of aromatic nitrogens is 4. The lowest BCUT2D eigenvalue weighted by atomic mass is 10.0. The van der Waals surface area contributed by atoms with E-state index in [9.17, 15) is 0 Å². The van der Waals surface area contributed by atoms with E-state index in [4.69, 9.17) is 25.8 Å². The number of benzene rings is 1. The minimum absolute atomic E-state index is 0.113. The van der Waals surface area contributed by atoms with E-state index in [-0.39, 0.29) is 24.5 Å². The average molecular weight is 479 g/mol. The summed E-state index contributed by atoms with van der Waals surface area (Å²) in [6.07, 6.45) is 7.15. The van der Waals surface area contributed by atoms with Crippen molar-refractivity contribution in [1.82, 2.24) is 19.5 Å². The summed E-state index contributed by atoms with van der Waals surface area (Å²) in [4.78, 5) is 13.2. The van der Waals surface area contributed by atoms with Crippen molar-refractivity contribution >= 4 is 33.5 Å². The third kappa shape index (κ3) is 3.77. The van der Waals surface area contributed by atoms with E-state index in [2.05, 4.69) is 46.1 Å². The predicted molar refractivity (Wildman–Crippen MR) is 130 cm³/mol. The second-order valence-electron chi connectivity index (χ2n) is 9.52. The molecule has 0 spiro atoms. The van der Waals surface area contributed by atoms with E-state index in [0.29, 0.717) is 5.15 Å². The van der Waals surface area contributed by atoms with Crippen LogP contribution in [-0.4, -0.2) is 43.6 Å². The van der Waals surface area contributed by atoms with Crippen LogP contribution in [0.25, 0.3) is 21.9 Å². The molecule has 0 saturated carbocycles. The van der Waals surface area contributed by atoms with Crippen LogP contribution in [-0.2, 0) is 27.1 Å². The Balaban J connectivity index is 1.25. The third-order valence-electron chi connectivity index (χ3n) is 6.79. The van der Waals surface area contributed by atoms with Crippen LogP contribution >= 0.6 is 11.6 Å². The second-order valence-corrected chi connectivity index (χ2v) is 9.88.